The molecule has 1 aromatic heterocycles. The highest BCUT2D eigenvalue weighted by molar-refractivity contribution is 5.30. The Labute approximate surface area is 106 Å². The first-order valence-corrected chi connectivity index (χ1v) is 5.69. The van der Waals surface area contributed by atoms with Crippen molar-refractivity contribution < 1.29 is 9.26 Å². The summed E-state index contributed by atoms with van der Waals surface area (Å²) in [5.74, 6) is 4.62. The average molecular weight is 242 g/mol. The maximum Gasteiger partial charge on any atom is 0.227 e. The van der Waals surface area contributed by atoms with Crippen molar-refractivity contribution in [3.05, 3.63) is 41.5 Å². The average Bonchev–Trinajstić information content (AvgIpc) is 2.84. The normalized spacial score (nSPS) is 10.0. The van der Waals surface area contributed by atoms with E-state index in [1.54, 1.807) is 7.11 Å². The molecule has 0 unspecified atom stereocenters. The standard InChI is InChI=1S/C14H14N2O2/c1-3-4-8-14-15-13(16-18-14)10-11-6-5-7-12(9-11)17-2/h1,5-7,9H,4,8,10H2,2H3. The predicted octanol–water partition coefficient (Wildman–Crippen LogP) is 2.23. The first-order valence-electron chi connectivity index (χ1n) is 5.69. The molecule has 0 spiro atoms. The fraction of sp³-hybridized carbons (Fsp3) is 0.286. The molecule has 0 aliphatic rings. The number of nitrogens with zero attached hydrogens (tertiary/aromatic N) is 2. The van der Waals surface area contributed by atoms with Gasteiger partial charge in [-0.25, -0.2) is 0 Å². The number of methoxy groups -OCH3 is 1. The molecule has 0 saturated carbocycles. The molecule has 0 radical (unpaired) electrons. The molecule has 0 fully saturated rings. The van der Waals surface area contributed by atoms with Crippen molar-refractivity contribution in [3.63, 3.8) is 0 Å². The van der Waals surface area contributed by atoms with Gasteiger partial charge in [0.05, 0.1) is 7.11 Å². The van der Waals surface area contributed by atoms with Gasteiger partial charge in [0.15, 0.2) is 5.82 Å². The Hall–Kier alpha value is -2.28. The third kappa shape index (κ3) is 3.11. The van der Waals surface area contributed by atoms with Crippen LogP contribution in [-0.4, -0.2) is 17.3 Å². The van der Waals surface area contributed by atoms with E-state index in [1.165, 1.54) is 0 Å². The number of terminal acetylenes is 1. The molecule has 4 nitrogen and oxygen atoms in total. The van der Waals surface area contributed by atoms with Crippen molar-refractivity contribution in [2.24, 2.45) is 0 Å². The summed E-state index contributed by atoms with van der Waals surface area (Å²) >= 11 is 0. The summed E-state index contributed by atoms with van der Waals surface area (Å²) in [5.41, 5.74) is 1.08. The number of hydrogen-bond donors (Lipinski definition) is 0. The summed E-state index contributed by atoms with van der Waals surface area (Å²) in [4.78, 5) is 4.28. The van der Waals surface area contributed by atoms with Crippen LogP contribution in [0.3, 0.4) is 0 Å². The van der Waals surface area contributed by atoms with Crippen molar-refractivity contribution in [2.45, 2.75) is 19.3 Å². The monoisotopic (exact) mass is 242 g/mol. The van der Waals surface area contributed by atoms with Crippen LogP contribution in [0.2, 0.25) is 0 Å². The van der Waals surface area contributed by atoms with Crippen molar-refractivity contribution >= 4 is 0 Å². The lowest BCUT2D eigenvalue weighted by Gasteiger charge is -2.01. The van der Waals surface area contributed by atoms with Gasteiger partial charge in [0, 0.05) is 19.3 Å². The zero-order chi connectivity index (χ0) is 12.8. The van der Waals surface area contributed by atoms with Crippen LogP contribution in [0.25, 0.3) is 0 Å². The van der Waals surface area contributed by atoms with Gasteiger partial charge in [-0.1, -0.05) is 17.3 Å². The first kappa shape index (κ1) is 12.2. The topological polar surface area (TPSA) is 48.2 Å². The van der Waals surface area contributed by atoms with Crippen LogP contribution in [0.15, 0.2) is 28.8 Å². The van der Waals surface area contributed by atoms with Gasteiger partial charge in [0.25, 0.3) is 0 Å². The Morgan fingerprint density at radius 2 is 2.33 bits per heavy atom. The van der Waals surface area contributed by atoms with Crippen LogP contribution in [-0.2, 0) is 12.8 Å². The summed E-state index contributed by atoms with van der Waals surface area (Å²) in [6.45, 7) is 0. The molecule has 92 valence electrons. The van der Waals surface area contributed by atoms with Crippen LogP contribution in [0.5, 0.6) is 5.75 Å². The minimum absolute atomic E-state index is 0.589. The molecule has 0 saturated heterocycles. The van der Waals surface area contributed by atoms with Gasteiger partial charge in [-0.3, -0.25) is 0 Å². The minimum Gasteiger partial charge on any atom is -0.497 e. The number of hydrogen-bond acceptors (Lipinski definition) is 4. The van der Waals surface area contributed by atoms with E-state index in [2.05, 4.69) is 16.1 Å². The Balaban J connectivity index is 2.04. The maximum absolute atomic E-state index is 5.18. The van der Waals surface area contributed by atoms with Crippen LogP contribution in [0.4, 0.5) is 0 Å². The molecule has 1 heterocycles. The lowest BCUT2D eigenvalue weighted by atomic mass is 10.1. The predicted molar refractivity (Wildman–Crippen MR) is 67.3 cm³/mol. The Bertz CT molecular complexity index is 555. The maximum atomic E-state index is 5.18. The van der Waals surface area contributed by atoms with Gasteiger partial charge in [-0.15, -0.1) is 12.3 Å². The number of aromatic nitrogens is 2. The molecule has 1 aromatic carbocycles. The summed E-state index contributed by atoms with van der Waals surface area (Å²) in [7, 11) is 1.64. The largest absolute Gasteiger partial charge is 0.497 e. The van der Waals surface area contributed by atoms with Crippen molar-refractivity contribution in [1.82, 2.24) is 10.1 Å². The van der Waals surface area contributed by atoms with Gasteiger partial charge < -0.3 is 9.26 Å². The highest BCUT2D eigenvalue weighted by atomic mass is 16.5. The highest BCUT2D eigenvalue weighted by Crippen LogP contribution is 2.15. The Morgan fingerprint density at radius 3 is 3.11 bits per heavy atom. The van der Waals surface area contributed by atoms with Crippen LogP contribution >= 0.6 is 0 Å². The number of aryl methyl sites for hydroxylation is 1. The summed E-state index contributed by atoms with van der Waals surface area (Å²) in [5, 5.41) is 3.92. The third-order valence-electron chi connectivity index (χ3n) is 2.49. The molecular formula is C14H14N2O2. The highest BCUT2D eigenvalue weighted by Gasteiger charge is 2.07. The Morgan fingerprint density at radius 1 is 1.44 bits per heavy atom. The van der Waals surface area contributed by atoms with E-state index in [4.69, 9.17) is 15.7 Å². The zero-order valence-corrected chi connectivity index (χ0v) is 10.2. The molecule has 4 heteroatoms. The quantitative estimate of drug-likeness (QED) is 0.754. The van der Waals surface area contributed by atoms with Crippen molar-refractivity contribution in [2.75, 3.05) is 7.11 Å². The van der Waals surface area contributed by atoms with Gasteiger partial charge in [-0.2, -0.15) is 4.98 Å². The lowest BCUT2D eigenvalue weighted by molar-refractivity contribution is 0.375. The van der Waals surface area contributed by atoms with E-state index >= 15 is 0 Å². The summed E-state index contributed by atoms with van der Waals surface area (Å²) < 4.78 is 10.3. The van der Waals surface area contributed by atoms with Gasteiger partial charge in [0.1, 0.15) is 5.75 Å². The molecule has 0 amide bonds. The molecule has 18 heavy (non-hydrogen) atoms. The van der Waals surface area contributed by atoms with E-state index in [1.807, 2.05) is 24.3 Å². The summed E-state index contributed by atoms with van der Waals surface area (Å²) in [6, 6.07) is 7.79. The zero-order valence-electron chi connectivity index (χ0n) is 10.2. The smallest absolute Gasteiger partial charge is 0.227 e. The molecule has 0 bridgehead atoms. The van der Waals surface area contributed by atoms with E-state index in [0.29, 0.717) is 31.0 Å². The Kier molecular flexibility index (Phi) is 3.98. The first-order chi connectivity index (χ1) is 8.81. The van der Waals surface area contributed by atoms with Crippen LogP contribution < -0.4 is 4.74 Å². The molecule has 0 atom stereocenters. The van der Waals surface area contributed by atoms with E-state index in [9.17, 15) is 0 Å². The second-order valence-corrected chi connectivity index (χ2v) is 3.84. The number of benzene rings is 1. The second kappa shape index (κ2) is 5.87. The fourth-order valence-electron chi connectivity index (χ4n) is 1.61. The molecule has 2 rings (SSSR count). The van der Waals surface area contributed by atoms with Gasteiger partial charge >= 0.3 is 0 Å². The molecule has 0 aliphatic carbocycles. The molecule has 0 aliphatic heterocycles. The molecule has 0 N–H and O–H groups in total. The SMILES string of the molecule is C#CCCc1nc(Cc2cccc(OC)c2)no1. The number of ether oxygens (including phenoxy) is 1. The minimum atomic E-state index is 0.589. The van der Waals surface area contributed by atoms with Gasteiger partial charge in [-0.05, 0) is 17.7 Å². The second-order valence-electron chi connectivity index (χ2n) is 3.84. The molecule has 2 aromatic rings. The summed E-state index contributed by atoms with van der Waals surface area (Å²) in [6.07, 6.45) is 7.05. The molecular weight excluding hydrogens is 228 g/mol. The number of rotatable bonds is 5. The third-order valence-corrected chi connectivity index (χ3v) is 2.49. The van der Waals surface area contributed by atoms with Crippen LogP contribution in [0.1, 0.15) is 23.7 Å². The van der Waals surface area contributed by atoms with E-state index in [0.717, 1.165) is 11.3 Å². The van der Waals surface area contributed by atoms with Crippen LogP contribution in [0, 0.1) is 12.3 Å². The lowest BCUT2D eigenvalue weighted by Crippen LogP contribution is -1.92. The van der Waals surface area contributed by atoms with E-state index in [-0.39, 0.29) is 0 Å². The van der Waals surface area contributed by atoms with E-state index < -0.39 is 0 Å². The van der Waals surface area contributed by atoms with Crippen molar-refractivity contribution in [1.29, 1.82) is 0 Å². The van der Waals surface area contributed by atoms with Gasteiger partial charge in [0.2, 0.25) is 5.89 Å². The fourth-order valence-corrected chi connectivity index (χ4v) is 1.61. The van der Waals surface area contributed by atoms with Crippen molar-refractivity contribution in [3.8, 4) is 18.1 Å².